The average molecular weight is 850 g/mol. The first-order valence-corrected chi connectivity index (χ1v) is 19.5. The molecule has 6 rings (SSSR count). The molecule has 1 aliphatic rings. The van der Waals surface area contributed by atoms with Gasteiger partial charge in [0.2, 0.25) is 11.8 Å². The normalized spacial score (nSPS) is 14.6. The van der Waals surface area contributed by atoms with Crippen molar-refractivity contribution < 1.29 is 38.5 Å². The summed E-state index contributed by atoms with van der Waals surface area (Å²) in [6.07, 6.45) is 1.65. The molecule has 4 N–H and O–H groups in total. The molecule has 2 amide bonds. The molecule has 310 valence electrons. The number of carbonyl (C=O) groups is 3. The molecule has 17 heteroatoms. The highest BCUT2D eigenvalue weighted by atomic mass is 35.5. The molecule has 0 bridgehead atoms. The van der Waals surface area contributed by atoms with Crippen molar-refractivity contribution in [3.05, 3.63) is 104 Å². The number of hydrogen-bond donors (Lipinski definition) is 4. The second kappa shape index (κ2) is 18.1. The molecule has 5 aromatic rings. The first kappa shape index (κ1) is 43.0. The number of amides is 2. The van der Waals surface area contributed by atoms with Crippen molar-refractivity contribution in [3.63, 3.8) is 0 Å². The Morgan fingerprint density at radius 2 is 1.75 bits per heavy atom. The van der Waals surface area contributed by atoms with E-state index in [2.05, 4.69) is 20.6 Å². The number of carboxylic acids is 1. The molecule has 1 fully saturated rings. The maximum absolute atomic E-state index is 16.2. The molecule has 3 aromatic heterocycles. The van der Waals surface area contributed by atoms with E-state index in [4.69, 9.17) is 37.8 Å². The number of aliphatic carboxylic acids is 1. The highest BCUT2D eigenvalue weighted by Crippen LogP contribution is 2.43. The summed E-state index contributed by atoms with van der Waals surface area (Å²) in [6.45, 7) is 5.11. The molecule has 1 unspecified atom stereocenters. The Kier molecular flexibility index (Phi) is 13.2. The minimum absolute atomic E-state index is 0.0106. The first-order chi connectivity index (χ1) is 28.0. The van der Waals surface area contributed by atoms with Crippen molar-refractivity contribution in [2.45, 2.75) is 70.9 Å². The second-order valence-corrected chi connectivity index (χ2v) is 15.8. The van der Waals surface area contributed by atoms with Gasteiger partial charge in [0.1, 0.15) is 17.1 Å². The average Bonchev–Trinajstić information content (AvgIpc) is 3.59. The highest BCUT2D eigenvalue weighted by Gasteiger charge is 2.31. The number of aromatic nitrogens is 3. The lowest BCUT2D eigenvalue weighted by atomic mass is 9.97. The van der Waals surface area contributed by atoms with Gasteiger partial charge in [-0.15, -0.1) is 0 Å². The van der Waals surface area contributed by atoms with E-state index in [1.165, 1.54) is 28.7 Å². The number of pyridine rings is 2. The summed E-state index contributed by atoms with van der Waals surface area (Å²) in [5, 5.41) is 25.0. The Bertz CT molecular complexity index is 2480. The summed E-state index contributed by atoms with van der Waals surface area (Å²) < 4.78 is 28.7. The topological polar surface area (TPSA) is 185 Å². The van der Waals surface area contributed by atoms with Gasteiger partial charge in [-0.1, -0.05) is 59.6 Å². The maximum Gasteiger partial charge on any atom is 0.410 e. The summed E-state index contributed by atoms with van der Waals surface area (Å²) in [5.41, 5.74) is 2.51. The van der Waals surface area contributed by atoms with Crippen molar-refractivity contribution in [3.8, 4) is 39.4 Å². The van der Waals surface area contributed by atoms with Gasteiger partial charge >= 0.3 is 12.1 Å². The van der Waals surface area contributed by atoms with Crippen LogP contribution in [0.4, 0.5) is 9.18 Å². The molecule has 14 nitrogen and oxygen atoms in total. The zero-order valence-electron chi connectivity index (χ0n) is 32.7. The smallest absolute Gasteiger partial charge is 0.410 e. The van der Waals surface area contributed by atoms with Crippen LogP contribution < -0.4 is 20.9 Å². The number of carboxylic acid groups (broad SMARTS) is 1. The van der Waals surface area contributed by atoms with Crippen molar-refractivity contribution in [1.29, 1.82) is 0 Å². The minimum atomic E-state index is -1.13. The number of nitrogens with one attached hydrogen (secondary N) is 2. The van der Waals surface area contributed by atoms with E-state index in [-0.39, 0.29) is 65.8 Å². The molecule has 0 aliphatic carbocycles. The molecule has 4 heterocycles. The third-order valence-corrected chi connectivity index (χ3v) is 10.3. The van der Waals surface area contributed by atoms with Gasteiger partial charge in [0, 0.05) is 78.4 Å². The predicted molar refractivity (Wildman–Crippen MR) is 220 cm³/mol. The summed E-state index contributed by atoms with van der Waals surface area (Å²) in [7, 11) is 1.35. The molecule has 1 saturated heterocycles. The number of methoxy groups -OCH3 is 1. The van der Waals surface area contributed by atoms with Crippen molar-refractivity contribution in [2.24, 2.45) is 0 Å². The van der Waals surface area contributed by atoms with Crippen molar-refractivity contribution in [2.75, 3.05) is 20.2 Å². The summed E-state index contributed by atoms with van der Waals surface area (Å²) in [5.74, 6) is -2.01. The Balaban J connectivity index is 1.27. The largest absolute Gasteiger partial charge is 0.481 e. The fourth-order valence-electron chi connectivity index (χ4n) is 6.72. The Labute approximate surface area is 348 Å². The lowest BCUT2D eigenvalue weighted by Gasteiger charge is -2.29. The van der Waals surface area contributed by atoms with Gasteiger partial charge in [-0.2, -0.15) is 0 Å². The van der Waals surface area contributed by atoms with Crippen LogP contribution >= 0.6 is 23.2 Å². The van der Waals surface area contributed by atoms with Gasteiger partial charge < -0.3 is 35.2 Å². The fourth-order valence-corrected chi connectivity index (χ4v) is 7.38. The zero-order valence-corrected chi connectivity index (χ0v) is 34.2. The molecule has 0 saturated carbocycles. The number of nitrogens with zero attached hydrogens (tertiary/aromatic N) is 4. The lowest BCUT2D eigenvalue weighted by Crippen LogP contribution is -2.44. The molecule has 59 heavy (non-hydrogen) atoms. The molecular weight excluding hydrogens is 806 g/mol. The Morgan fingerprint density at radius 1 is 1.07 bits per heavy atom. The molecule has 0 spiro atoms. The van der Waals surface area contributed by atoms with Crippen LogP contribution in [0.3, 0.4) is 0 Å². The number of benzene rings is 2. The van der Waals surface area contributed by atoms with Crippen LogP contribution in [0.5, 0.6) is 5.88 Å². The number of fused-ring (bicyclic) bond motifs is 1. The molecule has 2 atom stereocenters. The standard InChI is InChI=1S/C42H43Cl2FN6O8/c1-42(2,3)59-41(57)50(21-25-11-12-35(53)48-25)22-31-32(45)17-33(49-39(31)58-4)30-10-6-9-29(38(30)44)28-8-5-7-27(37(28)43)23-13-14-51-34(15-23)47-19-24(40(51)56)18-46-20-26(52)16-36(54)55/h5-10,13-15,17,19,25-26,46,52H,11-12,16,18,20-22H2,1-4H3,(H,48,53)(H,54,55)/t25-,26?/m0/s1. The molecule has 2 aromatic carbocycles. The van der Waals surface area contributed by atoms with E-state index in [0.29, 0.717) is 56.9 Å². The summed E-state index contributed by atoms with van der Waals surface area (Å²) in [4.78, 5) is 59.6. The van der Waals surface area contributed by atoms with Crippen LogP contribution in [0, 0.1) is 5.82 Å². The molecule has 0 radical (unpaired) electrons. The number of rotatable bonds is 14. The molecular formula is C42H43Cl2FN6O8. The highest BCUT2D eigenvalue weighted by molar-refractivity contribution is 6.39. The quantitative estimate of drug-likeness (QED) is 0.0959. The van der Waals surface area contributed by atoms with Gasteiger partial charge in [-0.3, -0.25) is 18.8 Å². The van der Waals surface area contributed by atoms with E-state index in [1.54, 1.807) is 69.4 Å². The van der Waals surface area contributed by atoms with Crippen LogP contribution in [0.25, 0.3) is 39.2 Å². The summed E-state index contributed by atoms with van der Waals surface area (Å²) in [6, 6.07) is 15.0. The maximum atomic E-state index is 16.2. The van der Waals surface area contributed by atoms with Crippen molar-refractivity contribution in [1.82, 2.24) is 29.9 Å². The van der Waals surface area contributed by atoms with Crippen LogP contribution in [0.15, 0.2) is 71.8 Å². The van der Waals surface area contributed by atoms with Gasteiger partial charge in [-0.25, -0.2) is 19.2 Å². The van der Waals surface area contributed by atoms with E-state index >= 15 is 4.39 Å². The zero-order chi connectivity index (χ0) is 42.6. The Hall–Kier alpha value is -5.61. The van der Waals surface area contributed by atoms with Gasteiger partial charge in [0.05, 0.1) is 47.5 Å². The summed E-state index contributed by atoms with van der Waals surface area (Å²) >= 11 is 14.1. The fraction of sp³-hybridized carbons (Fsp3) is 0.333. The first-order valence-electron chi connectivity index (χ1n) is 18.7. The van der Waals surface area contributed by atoms with Gasteiger partial charge in [0.15, 0.2) is 0 Å². The molecule has 1 aliphatic heterocycles. The minimum Gasteiger partial charge on any atom is -0.481 e. The van der Waals surface area contributed by atoms with E-state index in [9.17, 15) is 24.3 Å². The SMILES string of the molecule is COc1nc(-c2cccc(-c3cccc(-c4ccn5c(=O)c(CNCC(O)CC(=O)O)cnc5c4)c3Cl)c2Cl)cc(F)c1CN(C[C@@H]1CCC(=O)N1)C(=O)OC(C)(C)C. The third-order valence-electron chi connectivity index (χ3n) is 9.51. The third kappa shape index (κ3) is 10.2. The van der Waals surface area contributed by atoms with E-state index in [1.807, 2.05) is 6.07 Å². The van der Waals surface area contributed by atoms with E-state index in [0.717, 1.165) is 0 Å². The Morgan fingerprint density at radius 3 is 2.39 bits per heavy atom. The van der Waals surface area contributed by atoms with Crippen LogP contribution in [0.1, 0.15) is 51.2 Å². The number of halogens is 3. The number of ether oxygens (including phenoxy) is 2. The number of hydrogen-bond acceptors (Lipinski definition) is 10. The lowest BCUT2D eigenvalue weighted by molar-refractivity contribution is -0.139. The monoisotopic (exact) mass is 848 g/mol. The second-order valence-electron chi connectivity index (χ2n) is 15.1. The van der Waals surface area contributed by atoms with Crippen molar-refractivity contribution >= 4 is 46.8 Å². The van der Waals surface area contributed by atoms with Crippen LogP contribution in [-0.4, -0.2) is 85.4 Å². The van der Waals surface area contributed by atoms with Gasteiger partial charge in [0.25, 0.3) is 5.56 Å². The van der Waals surface area contributed by atoms with Gasteiger partial charge in [-0.05, 0) is 44.9 Å². The predicted octanol–water partition coefficient (Wildman–Crippen LogP) is 6.49. The van der Waals surface area contributed by atoms with Crippen LogP contribution in [-0.2, 0) is 27.4 Å². The van der Waals surface area contributed by atoms with E-state index < -0.39 is 36.0 Å². The number of aliphatic hydroxyl groups excluding tert-OH is 1. The number of carbonyl (C=O) groups excluding carboxylic acids is 2. The van der Waals surface area contributed by atoms with Crippen LogP contribution in [0.2, 0.25) is 10.0 Å². The number of aliphatic hydroxyl groups is 1.